The lowest BCUT2D eigenvalue weighted by Gasteiger charge is -2.33. The lowest BCUT2D eigenvalue weighted by atomic mass is 10.1. The lowest BCUT2D eigenvalue weighted by Crippen LogP contribution is -2.45. The van der Waals surface area contributed by atoms with Gasteiger partial charge in [0.25, 0.3) is 11.5 Å². The number of primary amides is 1. The van der Waals surface area contributed by atoms with E-state index in [1.165, 1.54) is 41.8 Å². The fourth-order valence-electron chi connectivity index (χ4n) is 3.84. The first-order valence-corrected chi connectivity index (χ1v) is 10.1. The molecule has 3 aromatic rings. The van der Waals surface area contributed by atoms with Crippen LogP contribution in [0, 0.1) is 0 Å². The van der Waals surface area contributed by atoms with E-state index in [-0.39, 0.29) is 35.4 Å². The number of fused-ring (bicyclic) bond motifs is 1. The quantitative estimate of drug-likeness (QED) is 0.534. The molecule has 32 heavy (non-hydrogen) atoms. The van der Waals surface area contributed by atoms with Gasteiger partial charge >= 0.3 is 5.69 Å². The molecule has 0 bridgehead atoms. The summed E-state index contributed by atoms with van der Waals surface area (Å²) in [5, 5.41) is 0. The Kier molecular flexibility index (Phi) is 5.51. The fraction of sp³-hybridized carbons (Fsp3) is 0.400. The molecule has 0 saturated carbocycles. The minimum atomic E-state index is -0.646. The molecule has 4 heterocycles. The topological polar surface area (TPSA) is 147 Å². The maximum Gasteiger partial charge on any atom is 0.332 e. The van der Waals surface area contributed by atoms with Crippen molar-refractivity contribution in [2.24, 2.45) is 19.8 Å². The Labute approximate surface area is 181 Å². The fourth-order valence-corrected chi connectivity index (χ4v) is 3.84. The maximum absolute atomic E-state index is 13.0. The molecular weight excluding hydrogens is 418 g/mol. The van der Waals surface area contributed by atoms with Crippen molar-refractivity contribution in [3.05, 3.63) is 51.2 Å². The average Bonchev–Trinajstić information content (AvgIpc) is 3.20. The number of amides is 2. The number of hydrogen-bond donors (Lipinski definition) is 1. The molecule has 0 aromatic carbocycles. The van der Waals surface area contributed by atoms with E-state index in [0.29, 0.717) is 18.8 Å². The normalized spacial score (nSPS) is 16.3. The van der Waals surface area contributed by atoms with Crippen LogP contribution in [0.1, 0.15) is 23.3 Å². The molecule has 12 nitrogen and oxygen atoms in total. The smallest absolute Gasteiger partial charge is 0.332 e. The number of rotatable bonds is 5. The van der Waals surface area contributed by atoms with E-state index in [1.807, 2.05) is 0 Å². The van der Waals surface area contributed by atoms with Crippen LogP contribution in [0.25, 0.3) is 11.2 Å². The number of nitrogens with two attached hydrogens (primary N) is 1. The van der Waals surface area contributed by atoms with E-state index >= 15 is 0 Å². The summed E-state index contributed by atoms with van der Waals surface area (Å²) in [5.41, 5.74) is 4.81. The summed E-state index contributed by atoms with van der Waals surface area (Å²) in [6.45, 7) is 0.832. The third-order valence-corrected chi connectivity index (χ3v) is 5.54. The van der Waals surface area contributed by atoms with Crippen molar-refractivity contribution in [3.8, 4) is 5.75 Å². The molecule has 1 unspecified atom stereocenters. The van der Waals surface area contributed by atoms with Gasteiger partial charge in [0.05, 0.1) is 12.9 Å². The van der Waals surface area contributed by atoms with Gasteiger partial charge in [0.2, 0.25) is 5.91 Å². The Morgan fingerprint density at radius 2 is 2.00 bits per heavy atom. The number of nitrogens with zero attached hydrogens (tertiary/aromatic N) is 6. The first-order chi connectivity index (χ1) is 15.3. The van der Waals surface area contributed by atoms with E-state index in [4.69, 9.17) is 10.5 Å². The molecule has 1 fully saturated rings. The lowest BCUT2D eigenvalue weighted by molar-refractivity contribution is -0.134. The summed E-state index contributed by atoms with van der Waals surface area (Å²) in [6.07, 6.45) is 4.06. The summed E-state index contributed by atoms with van der Waals surface area (Å²) in [5.74, 6) is -0.383. The van der Waals surface area contributed by atoms with Crippen LogP contribution in [0.3, 0.4) is 0 Å². The Bertz CT molecular complexity index is 1320. The van der Waals surface area contributed by atoms with Crippen molar-refractivity contribution in [1.82, 2.24) is 28.6 Å². The third kappa shape index (κ3) is 3.86. The van der Waals surface area contributed by atoms with Crippen LogP contribution in [-0.4, -0.2) is 59.6 Å². The number of aromatic nitrogens is 5. The molecule has 0 radical (unpaired) electrons. The van der Waals surface area contributed by atoms with Crippen molar-refractivity contribution in [1.29, 1.82) is 0 Å². The third-order valence-electron chi connectivity index (χ3n) is 5.54. The number of hydrogen-bond acceptors (Lipinski definition) is 7. The highest BCUT2D eigenvalue weighted by molar-refractivity contribution is 5.91. The van der Waals surface area contributed by atoms with E-state index < -0.39 is 17.2 Å². The molecule has 0 aliphatic carbocycles. The molecule has 2 N–H and O–H groups in total. The van der Waals surface area contributed by atoms with Gasteiger partial charge in [0, 0.05) is 32.9 Å². The Morgan fingerprint density at radius 1 is 1.22 bits per heavy atom. The minimum Gasteiger partial charge on any atom is -0.488 e. The number of carbonyl (C=O) groups is 2. The highest BCUT2D eigenvalue weighted by Gasteiger charge is 2.26. The Hall–Kier alpha value is -3.96. The van der Waals surface area contributed by atoms with Crippen LogP contribution in [-0.2, 0) is 25.4 Å². The number of ether oxygens (including phenoxy) is 1. The zero-order valence-corrected chi connectivity index (χ0v) is 17.7. The van der Waals surface area contributed by atoms with Gasteiger partial charge in [-0.25, -0.2) is 9.78 Å². The minimum absolute atomic E-state index is 0.0856. The van der Waals surface area contributed by atoms with Crippen molar-refractivity contribution in [3.63, 3.8) is 0 Å². The second-order valence-electron chi connectivity index (χ2n) is 7.71. The van der Waals surface area contributed by atoms with Crippen LogP contribution in [0.5, 0.6) is 5.75 Å². The predicted octanol–water partition coefficient (Wildman–Crippen LogP) is -1.00. The van der Waals surface area contributed by atoms with Crippen molar-refractivity contribution in [2.45, 2.75) is 25.5 Å². The van der Waals surface area contributed by atoms with Crippen LogP contribution in [0.2, 0.25) is 0 Å². The molecular formula is C20H23N7O5. The van der Waals surface area contributed by atoms with Crippen LogP contribution >= 0.6 is 0 Å². The van der Waals surface area contributed by atoms with Gasteiger partial charge in [-0.1, -0.05) is 0 Å². The van der Waals surface area contributed by atoms with Crippen molar-refractivity contribution < 1.29 is 14.3 Å². The molecule has 3 aromatic heterocycles. The number of aryl methyl sites for hydroxylation is 1. The molecule has 1 aliphatic rings. The Morgan fingerprint density at radius 3 is 2.75 bits per heavy atom. The monoisotopic (exact) mass is 441 g/mol. The summed E-state index contributed by atoms with van der Waals surface area (Å²) >= 11 is 0. The number of pyridine rings is 1. The van der Waals surface area contributed by atoms with Gasteiger partial charge in [-0.3, -0.25) is 28.5 Å². The summed E-state index contributed by atoms with van der Waals surface area (Å²) < 4.78 is 9.67. The molecule has 168 valence electrons. The van der Waals surface area contributed by atoms with Gasteiger partial charge in [0.15, 0.2) is 11.2 Å². The number of piperidine rings is 1. The molecule has 12 heteroatoms. The standard InChI is InChI=1S/C20H23N7O5/c1-24-18-16(19(30)25(2)20(24)31)27(11-23-18)10-15(28)26-7-3-4-13(9-26)32-12-5-6-22-14(8-12)17(21)29/h5-6,8,11,13H,3-4,7,9-10H2,1-2H3,(H2,21,29). The number of imidazole rings is 1. The van der Waals surface area contributed by atoms with E-state index in [0.717, 1.165) is 17.4 Å². The highest BCUT2D eigenvalue weighted by Crippen LogP contribution is 2.19. The number of likely N-dealkylation sites (tertiary alicyclic amines) is 1. The summed E-state index contributed by atoms with van der Waals surface area (Å²) in [4.78, 5) is 58.7. The molecule has 1 atom stereocenters. The first kappa shape index (κ1) is 21.3. The predicted molar refractivity (Wildman–Crippen MR) is 113 cm³/mol. The first-order valence-electron chi connectivity index (χ1n) is 10.1. The van der Waals surface area contributed by atoms with E-state index in [2.05, 4.69) is 9.97 Å². The number of carbonyl (C=O) groups excluding carboxylic acids is 2. The maximum atomic E-state index is 13.0. The second kappa shape index (κ2) is 8.29. The summed E-state index contributed by atoms with van der Waals surface area (Å²) in [7, 11) is 2.91. The largest absolute Gasteiger partial charge is 0.488 e. The van der Waals surface area contributed by atoms with E-state index in [1.54, 1.807) is 11.0 Å². The van der Waals surface area contributed by atoms with Gasteiger partial charge in [0.1, 0.15) is 24.1 Å². The molecule has 0 spiro atoms. The second-order valence-corrected chi connectivity index (χ2v) is 7.71. The van der Waals surface area contributed by atoms with Crippen LogP contribution in [0.4, 0.5) is 0 Å². The Balaban J connectivity index is 1.50. The molecule has 2 amide bonds. The van der Waals surface area contributed by atoms with Gasteiger partial charge in [-0.15, -0.1) is 0 Å². The molecule has 1 aliphatic heterocycles. The zero-order chi connectivity index (χ0) is 23.0. The zero-order valence-electron chi connectivity index (χ0n) is 17.7. The molecule has 1 saturated heterocycles. The van der Waals surface area contributed by atoms with Crippen molar-refractivity contribution >= 4 is 23.0 Å². The van der Waals surface area contributed by atoms with Gasteiger partial charge in [-0.05, 0) is 18.9 Å². The van der Waals surface area contributed by atoms with Gasteiger partial charge < -0.3 is 19.9 Å². The van der Waals surface area contributed by atoms with Crippen LogP contribution in [0.15, 0.2) is 34.2 Å². The highest BCUT2D eigenvalue weighted by atomic mass is 16.5. The average molecular weight is 441 g/mol. The SMILES string of the molecule is Cn1c(=O)c2c(ncn2CC(=O)N2CCCC(Oc3ccnc(C(N)=O)c3)C2)n(C)c1=O. The summed E-state index contributed by atoms with van der Waals surface area (Å²) in [6, 6.07) is 3.10. The van der Waals surface area contributed by atoms with E-state index in [9.17, 15) is 19.2 Å². The molecule has 4 rings (SSSR count). The van der Waals surface area contributed by atoms with Crippen molar-refractivity contribution in [2.75, 3.05) is 13.1 Å². The van der Waals surface area contributed by atoms with Crippen LogP contribution < -0.4 is 21.7 Å². The van der Waals surface area contributed by atoms with Gasteiger partial charge in [-0.2, -0.15) is 0 Å².